The lowest BCUT2D eigenvalue weighted by Gasteiger charge is -2.54. The van der Waals surface area contributed by atoms with Crippen LogP contribution in [0, 0.1) is 16.7 Å². The normalized spacial score (nSPS) is 28.1. The number of aliphatic hydroxyl groups excluding tert-OH is 1. The minimum absolute atomic E-state index is 0.0179. The average molecular weight is 417 g/mol. The number of carbonyl (C=O) groups is 2. The largest absolute Gasteiger partial charge is 0.469 e. The van der Waals surface area contributed by atoms with Gasteiger partial charge in [0.15, 0.2) is 0 Å². The molecule has 1 aromatic heterocycles. The molecular weight excluding hydrogens is 384 g/mol. The molecule has 3 aliphatic rings. The highest BCUT2D eigenvalue weighted by Gasteiger charge is 2.68. The molecule has 1 aliphatic carbocycles. The average Bonchev–Trinajstić information content (AvgIpc) is 3.09. The Bertz CT molecular complexity index is 821. The Morgan fingerprint density at radius 2 is 2.00 bits per heavy atom. The Morgan fingerprint density at radius 3 is 2.63 bits per heavy atom. The predicted molar refractivity (Wildman–Crippen MR) is 112 cm³/mol. The first-order valence-electron chi connectivity index (χ1n) is 10.7. The molecule has 4 rings (SSSR count). The summed E-state index contributed by atoms with van der Waals surface area (Å²) in [6, 6.07) is 3.63. The number of anilines is 1. The van der Waals surface area contributed by atoms with E-state index in [4.69, 9.17) is 9.84 Å². The number of rotatable bonds is 5. The number of aliphatic hydroxyl groups is 1. The van der Waals surface area contributed by atoms with Crippen LogP contribution in [0.4, 0.5) is 5.82 Å². The van der Waals surface area contributed by atoms with Crippen molar-refractivity contribution in [3.63, 3.8) is 0 Å². The third kappa shape index (κ3) is 3.36. The van der Waals surface area contributed by atoms with Gasteiger partial charge in [0.05, 0.1) is 24.7 Å². The van der Waals surface area contributed by atoms with E-state index in [0.717, 1.165) is 32.6 Å². The molecule has 0 spiro atoms. The van der Waals surface area contributed by atoms with Gasteiger partial charge in [0, 0.05) is 52.0 Å². The van der Waals surface area contributed by atoms with Gasteiger partial charge < -0.3 is 19.6 Å². The maximum absolute atomic E-state index is 13.5. The van der Waals surface area contributed by atoms with Gasteiger partial charge in [-0.2, -0.15) is 0 Å². The van der Waals surface area contributed by atoms with Gasteiger partial charge in [0.25, 0.3) is 5.91 Å². The summed E-state index contributed by atoms with van der Waals surface area (Å²) < 4.78 is 5.11. The second-order valence-electron chi connectivity index (χ2n) is 9.48. The molecule has 164 valence electrons. The second kappa shape index (κ2) is 7.81. The van der Waals surface area contributed by atoms with E-state index in [9.17, 15) is 9.59 Å². The van der Waals surface area contributed by atoms with Crippen LogP contribution in [0.25, 0.3) is 0 Å². The fraction of sp³-hybridized carbons (Fsp3) is 0.682. The topological polar surface area (TPSA) is 86.2 Å². The van der Waals surface area contributed by atoms with Crippen molar-refractivity contribution in [3.8, 4) is 0 Å². The van der Waals surface area contributed by atoms with Gasteiger partial charge >= 0.3 is 5.97 Å². The Morgan fingerprint density at radius 1 is 1.27 bits per heavy atom. The van der Waals surface area contributed by atoms with Crippen LogP contribution < -0.4 is 4.90 Å². The number of β-amino-alcohol motifs (C(OH)–C–C–N with tert-alkyl or cyclic N) is 1. The standard InChI is InChI=1S/C22H32N4O4/c1-21(2)14-22(20(29)30-3)15-26(13-17(21)22)19(28)16-5-4-6-23-18(16)25-9-7-24(8-10-25)11-12-27/h4-6,17,27H,7-15H2,1-3H3/t17-,22+/m1/s1. The molecule has 30 heavy (non-hydrogen) atoms. The molecule has 1 amide bonds. The summed E-state index contributed by atoms with van der Waals surface area (Å²) in [5.74, 6) is 0.554. The van der Waals surface area contributed by atoms with E-state index < -0.39 is 5.41 Å². The second-order valence-corrected chi connectivity index (χ2v) is 9.48. The van der Waals surface area contributed by atoms with Crippen LogP contribution in [0.3, 0.4) is 0 Å². The molecule has 8 heteroatoms. The molecule has 0 aromatic carbocycles. The van der Waals surface area contributed by atoms with Crippen molar-refractivity contribution in [2.75, 3.05) is 64.4 Å². The van der Waals surface area contributed by atoms with E-state index in [1.54, 1.807) is 12.3 Å². The highest BCUT2D eigenvalue weighted by atomic mass is 16.5. The van der Waals surface area contributed by atoms with Gasteiger partial charge in [0.1, 0.15) is 5.82 Å². The van der Waals surface area contributed by atoms with Crippen LogP contribution >= 0.6 is 0 Å². The van der Waals surface area contributed by atoms with Crippen molar-refractivity contribution < 1.29 is 19.4 Å². The minimum Gasteiger partial charge on any atom is -0.469 e. The summed E-state index contributed by atoms with van der Waals surface area (Å²) in [5, 5.41) is 9.15. The lowest BCUT2D eigenvalue weighted by atomic mass is 9.48. The smallest absolute Gasteiger partial charge is 0.314 e. The molecule has 2 saturated heterocycles. The zero-order valence-electron chi connectivity index (χ0n) is 18.1. The number of amides is 1. The number of ether oxygens (including phenoxy) is 1. The van der Waals surface area contributed by atoms with E-state index in [1.807, 2.05) is 11.0 Å². The number of esters is 1. The third-order valence-corrected chi connectivity index (χ3v) is 7.24. The number of piperazine rings is 1. The number of carbonyl (C=O) groups excluding carboxylic acids is 2. The van der Waals surface area contributed by atoms with Crippen LogP contribution in [0.5, 0.6) is 0 Å². The zero-order chi connectivity index (χ0) is 21.5. The quantitative estimate of drug-likeness (QED) is 0.713. The Labute approximate surface area is 177 Å². The maximum atomic E-state index is 13.5. The van der Waals surface area contributed by atoms with Gasteiger partial charge in [-0.3, -0.25) is 14.5 Å². The van der Waals surface area contributed by atoms with E-state index in [-0.39, 0.29) is 29.8 Å². The zero-order valence-corrected chi connectivity index (χ0v) is 18.1. The molecule has 2 atom stereocenters. The maximum Gasteiger partial charge on any atom is 0.314 e. The van der Waals surface area contributed by atoms with Crippen LogP contribution in [-0.2, 0) is 9.53 Å². The van der Waals surface area contributed by atoms with Gasteiger partial charge in [-0.15, -0.1) is 0 Å². The van der Waals surface area contributed by atoms with Crippen LogP contribution in [0.1, 0.15) is 30.6 Å². The fourth-order valence-electron chi connectivity index (χ4n) is 5.84. The Kier molecular flexibility index (Phi) is 5.48. The van der Waals surface area contributed by atoms with Crippen molar-refractivity contribution in [1.29, 1.82) is 0 Å². The lowest BCUT2D eigenvalue weighted by Crippen LogP contribution is -2.57. The monoisotopic (exact) mass is 416 g/mol. The molecule has 1 N–H and O–H groups in total. The summed E-state index contributed by atoms with van der Waals surface area (Å²) >= 11 is 0. The molecule has 2 aliphatic heterocycles. The summed E-state index contributed by atoms with van der Waals surface area (Å²) in [5.41, 5.74) is 0.0307. The van der Waals surface area contributed by atoms with Gasteiger partial charge in [-0.05, 0) is 29.9 Å². The number of fused-ring (bicyclic) bond motifs is 1. The molecule has 1 aromatic rings. The van der Waals surface area contributed by atoms with Crippen molar-refractivity contribution in [2.45, 2.75) is 20.3 Å². The molecule has 0 bridgehead atoms. The number of pyridine rings is 1. The third-order valence-electron chi connectivity index (χ3n) is 7.24. The molecular formula is C22H32N4O4. The van der Waals surface area contributed by atoms with E-state index >= 15 is 0 Å². The predicted octanol–water partition coefficient (Wildman–Crippen LogP) is 0.857. The summed E-state index contributed by atoms with van der Waals surface area (Å²) in [6.45, 7) is 9.31. The van der Waals surface area contributed by atoms with E-state index in [2.05, 4.69) is 28.6 Å². The Balaban J connectivity index is 1.53. The van der Waals surface area contributed by atoms with Gasteiger partial charge in [0.2, 0.25) is 0 Å². The first kappa shape index (κ1) is 21.1. The van der Waals surface area contributed by atoms with Crippen LogP contribution in [0.2, 0.25) is 0 Å². The lowest BCUT2D eigenvalue weighted by molar-refractivity contribution is -0.174. The van der Waals surface area contributed by atoms with E-state index in [0.29, 0.717) is 31.0 Å². The first-order valence-corrected chi connectivity index (χ1v) is 10.7. The fourth-order valence-corrected chi connectivity index (χ4v) is 5.84. The van der Waals surface area contributed by atoms with Crippen LogP contribution in [0.15, 0.2) is 18.3 Å². The molecule has 0 unspecified atom stereocenters. The summed E-state index contributed by atoms with van der Waals surface area (Å²) in [6.07, 6.45) is 2.47. The molecule has 0 radical (unpaired) electrons. The molecule has 3 fully saturated rings. The number of aromatic nitrogens is 1. The molecule has 3 heterocycles. The molecule has 1 saturated carbocycles. The summed E-state index contributed by atoms with van der Waals surface area (Å²) in [7, 11) is 1.43. The van der Waals surface area contributed by atoms with Crippen molar-refractivity contribution in [2.24, 2.45) is 16.7 Å². The highest BCUT2D eigenvalue weighted by molar-refractivity contribution is 5.99. The number of methoxy groups -OCH3 is 1. The number of nitrogens with zero attached hydrogens (tertiary/aromatic N) is 4. The van der Waals surface area contributed by atoms with Gasteiger partial charge in [-0.1, -0.05) is 13.8 Å². The summed E-state index contributed by atoms with van der Waals surface area (Å²) in [4.78, 5) is 36.8. The molecule has 8 nitrogen and oxygen atoms in total. The van der Waals surface area contributed by atoms with E-state index in [1.165, 1.54) is 7.11 Å². The number of hydrogen-bond acceptors (Lipinski definition) is 7. The van der Waals surface area contributed by atoms with Crippen molar-refractivity contribution in [3.05, 3.63) is 23.9 Å². The van der Waals surface area contributed by atoms with Crippen LogP contribution in [-0.4, -0.2) is 91.3 Å². The first-order chi connectivity index (χ1) is 14.3. The van der Waals surface area contributed by atoms with Gasteiger partial charge in [-0.25, -0.2) is 4.98 Å². The number of likely N-dealkylation sites (tertiary alicyclic amines) is 1. The van der Waals surface area contributed by atoms with Crippen molar-refractivity contribution >= 4 is 17.7 Å². The van der Waals surface area contributed by atoms with Crippen molar-refractivity contribution in [1.82, 2.24) is 14.8 Å². The SMILES string of the molecule is COC(=O)[C@@]12CN(C(=O)c3cccnc3N3CCN(CCO)CC3)C[C@@H]1C(C)(C)C2. The highest BCUT2D eigenvalue weighted by Crippen LogP contribution is 2.63. The minimum atomic E-state index is -0.577. The Hall–Kier alpha value is -2.19. The number of hydrogen-bond donors (Lipinski definition) is 1.